The lowest BCUT2D eigenvalue weighted by atomic mass is 9.74. The SMILES string of the molecule is O=C(N/N=C1/CC2C=CCC12)c1cccc(Cl)c1. The third-order valence-electron chi connectivity index (χ3n) is 3.55. The summed E-state index contributed by atoms with van der Waals surface area (Å²) in [5.41, 5.74) is 4.24. The Labute approximate surface area is 111 Å². The normalized spacial score (nSPS) is 26.8. The molecule has 0 heterocycles. The molecule has 0 spiro atoms. The average Bonchev–Trinajstić information content (AvgIpc) is 2.71. The summed E-state index contributed by atoms with van der Waals surface area (Å²) < 4.78 is 0. The number of hydrogen-bond acceptors (Lipinski definition) is 2. The fourth-order valence-electron chi connectivity index (χ4n) is 2.48. The Morgan fingerprint density at radius 2 is 2.33 bits per heavy atom. The van der Waals surface area contributed by atoms with E-state index in [0.717, 1.165) is 18.6 Å². The predicted octanol–water partition coefficient (Wildman–Crippen LogP) is 3.02. The number of fused-ring (bicyclic) bond motifs is 1. The standard InChI is InChI=1S/C14H13ClN2O/c15-11-5-1-4-10(7-11)14(18)17-16-13-8-9-3-2-6-12(9)13/h1-5,7,9,12H,6,8H2,(H,17,18)/b16-13-. The van der Waals surface area contributed by atoms with E-state index in [2.05, 4.69) is 22.7 Å². The van der Waals surface area contributed by atoms with Gasteiger partial charge in [-0.15, -0.1) is 0 Å². The van der Waals surface area contributed by atoms with Crippen LogP contribution in [-0.2, 0) is 0 Å². The van der Waals surface area contributed by atoms with Gasteiger partial charge in [-0.3, -0.25) is 4.79 Å². The lowest BCUT2D eigenvalue weighted by molar-refractivity contribution is 0.0954. The number of hydrogen-bond donors (Lipinski definition) is 1. The van der Waals surface area contributed by atoms with E-state index in [1.807, 2.05) is 0 Å². The van der Waals surface area contributed by atoms with Gasteiger partial charge in [-0.2, -0.15) is 5.10 Å². The highest BCUT2D eigenvalue weighted by molar-refractivity contribution is 6.30. The van der Waals surface area contributed by atoms with Crippen molar-refractivity contribution in [2.75, 3.05) is 0 Å². The van der Waals surface area contributed by atoms with Crippen molar-refractivity contribution in [1.82, 2.24) is 5.43 Å². The number of benzene rings is 1. The molecule has 0 aliphatic heterocycles. The fourth-order valence-corrected chi connectivity index (χ4v) is 2.67. The molecule has 1 saturated carbocycles. The Morgan fingerprint density at radius 3 is 3.11 bits per heavy atom. The van der Waals surface area contributed by atoms with Crippen molar-refractivity contribution >= 4 is 23.2 Å². The molecule has 92 valence electrons. The fraction of sp³-hybridized carbons (Fsp3) is 0.286. The van der Waals surface area contributed by atoms with Gasteiger partial charge in [0.1, 0.15) is 0 Å². The Balaban J connectivity index is 1.64. The second kappa shape index (κ2) is 4.58. The summed E-state index contributed by atoms with van der Waals surface area (Å²) >= 11 is 5.84. The number of carbonyl (C=O) groups excluding carboxylic acids is 1. The van der Waals surface area contributed by atoms with Gasteiger partial charge >= 0.3 is 0 Å². The highest BCUT2D eigenvalue weighted by Gasteiger charge is 2.37. The highest BCUT2D eigenvalue weighted by Crippen LogP contribution is 2.40. The molecule has 2 aliphatic carbocycles. The van der Waals surface area contributed by atoms with Gasteiger partial charge in [0.15, 0.2) is 0 Å². The molecule has 1 aromatic rings. The molecule has 2 unspecified atom stereocenters. The molecule has 3 nitrogen and oxygen atoms in total. The summed E-state index contributed by atoms with van der Waals surface area (Å²) in [7, 11) is 0. The van der Waals surface area contributed by atoms with Gasteiger partial charge in [0.05, 0.1) is 0 Å². The molecule has 1 fully saturated rings. The van der Waals surface area contributed by atoms with E-state index < -0.39 is 0 Å². The van der Waals surface area contributed by atoms with Gasteiger partial charge < -0.3 is 0 Å². The number of nitrogens with one attached hydrogen (secondary N) is 1. The van der Waals surface area contributed by atoms with Gasteiger partial charge in [-0.05, 0) is 37.0 Å². The van der Waals surface area contributed by atoms with Gasteiger partial charge in [-0.25, -0.2) is 5.43 Å². The zero-order chi connectivity index (χ0) is 12.5. The van der Waals surface area contributed by atoms with Crippen LogP contribution in [0.5, 0.6) is 0 Å². The maximum atomic E-state index is 11.8. The molecule has 0 bridgehead atoms. The molecule has 18 heavy (non-hydrogen) atoms. The van der Waals surface area contributed by atoms with E-state index in [-0.39, 0.29) is 5.91 Å². The van der Waals surface area contributed by atoms with Crippen molar-refractivity contribution < 1.29 is 4.79 Å². The number of halogens is 1. The van der Waals surface area contributed by atoms with Crippen LogP contribution in [-0.4, -0.2) is 11.6 Å². The first-order valence-corrected chi connectivity index (χ1v) is 6.41. The molecule has 2 atom stereocenters. The van der Waals surface area contributed by atoms with Crippen molar-refractivity contribution in [2.45, 2.75) is 12.8 Å². The lowest BCUT2D eigenvalue weighted by Gasteiger charge is -2.31. The van der Waals surface area contributed by atoms with Crippen molar-refractivity contribution in [2.24, 2.45) is 16.9 Å². The summed E-state index contributed by atoms with van der Waals surface area (Å²) in [5.74, 6) is 0.955. The first kappa shape index (κ1) is 11.5. The lowest BCUT2D eigenvalue weighted by Crippen LogP contribution is -2.35. The predicted molar refractivity (Wildman–Crippen MR) is 71.7 cm³/mol. The van der Waals surface area contributed by atoms with Crippen molar-refractivity contribution in [3.63, 3.8) is 0 Å². The quantitative estimate of drug-likeness (QED) is 0.645. The van der Waals surface area contributed by atoms with Gasteiger partial charge in [0.25, 0.3) is 5.91 Å². The van der Waals surface area contributed by atoms with E-state index in [0.29, 0.717) is 22.4 Å². The summed E-state index contributed by atoms with van der Waals surface area (Å²) in [6.45, 7) is 0. The van der Waals surface area contributed by atoms with Crippen LogP contribution in [0.15, 0.2) is 41.5 Å². The van der Waals surface area contributed by atoms with Crippen LogP contribution in [0.1, 0.15) is 23.2 Å². The second-order valence-electron chi connectivity index (χ2n) is 4.69. The number of amides is 1. The minimum Gasteiger partial charge on any atom is -0.267 e. The van der Waals surface area contributed by atoms with E-state index in [9.17, 15) is 4.79 Å². The largest absolute Gasteiger partial charge is 0.271 e. The topological polar surface area (TPSA) is 41.5 Å². The highest BCUT2D eigenvalue weighted by atomic mass is 35.5. The van der Waals surface area contributed by atoms with E-state index in [1.165, 1.54) is 0 Å². The summed E-state index contributed by atoms with van der Waals surface area (Å²) in [5, 5.41) is 4.77. The average molecular weight is 261 g/mol. The monoisotopic (exact) mass is 260 g/mol. The zero-order valence-electron chi connectivity index (χ0n) is 9.77. The molecular formula is C14H13ClN2O. The molecule has 1 aromatic carbocycles. The summed E-state index contributed by atoms with van der Waals surface area (Å²) in [6.07, 6.45) is 6.45. The van der Waals surface area contributed by atoms with E-state index in [4.69, 9.17) is 11.6 Å². The van der Waals surface area contributed by atoms with Crippen LogP contribution < -0.4 is 5.43 Å². The number of allylic oxidation sites excluding steroid dienone is 2. The minimum absolute atomic E-state index is 0.209. The molecule has 2 aliphatic rings. The Kier molecular flexibility index (Phi) is 2.92. The molecule has 0 radical (unpaired) electrons. The van der Waals surface area contributed by atoms with Gasteiger partial charge in [0.2, 0.25) is 0 Å². The van der Waals surface area contributed by atoms with Crippen LogP contribution in [0.2, 0.25) is 5.02 Å². The second-order valence-corrected chi connectivity index (χ2v) is 5.13. The van der Waals surface area contributed by atoms with Crippen molar-refractivity contribution in [3.8, 4) is 0 Å². The Morgan fingerprint density at radius 1 is 1.44 bits per heavy atom. The number of carbonyl (C=O) groups is 1. The van der Waals surface area contributed by atoms with Crippen LogP contribution in [0, 0.1) is 11.8 Å². The molecule has 1 N–H and O–H groups in total. The van der Waals surface area contributed by atoms with Crippen molar-refractivity contribution in [3.05, 3.63) is 47.0 Å². The summed E-state index contributed by atoms with van der Waals surface area (Å²) in [4.78, 5) is 11.8. The summed E-state index contributed by atoms with van der Waals surface area (Å²) in [6, 6.07) is 6.86. The Hall–Kier alpha value is -1.61. The maximum absolute atomic E-state index is 11.8. The zero-order valence-corrected chi connectivity index (χ0v) is 10.5. The first-order valence-electron chi connectivity index (χ1n) is 6.03. The van der Waals surface area contributed by atoms with Crippen molar-refractivity contribution in [1.29, 1.82) is 0 Å². The number of rotatable bonds is 2. The minimum atomic E-state index is -0.209. The third kappa shape index (κ3) is 2.06. The van der Waals surface area contributed by atoms with E-state index in [1.54, 1.807) is 24.3 Å². The molecule has 0 saturated heterocycles. The van der Waals surface area contributed by atoms with Gasteiger partial charge in [0, 0.05) is 22.2 Å². The van der Waals surface area contributed by atoms with Crippen LogP contribution in [0.3, 0.4) is 0 Å². The maximum Gasteiger partial charge on any atom is 0.271 e. The van der Waals surface area contributed by atoms with Crippen LogP contribution in [0.25, 0.3) is 0 Å². The molecule has 3 rings (SSSR count). The van der Waals surface area contributed by atoms with Gasteiger partial charge in [-0.1, -0.05) is 29.8 Å². The first-order chi connectivity index (χ1) is 8.74. The smallest absolute Gasteiger partial charge is 0.267 e. The third-order valence-corrected chi connectivity index (χ3v) is 3.79. The van der Waals surface area contributed by atoms with E-state index >= 15 is 0 Å². The molecule has 1 amide bonds. The van der Waals surface area contributed by atoms with Crippen LogP contribution >= 0.6 is 11.6 Å². The molecule has 0 aromatic heterocycles. The Bertz CT molecular complexity index is 550. The molecule has 4 heteroatoms. The molecular weight excluding hydrogens is 248 g/mol. The van der Waals surface area contributed by atoms with Crippen LogP contribution in [0.4, 0.5) is 0 Å². The number of hydrazone groups is 1. The number of nitrogens with zero attached hydrogens (tertiary/aromatic N) is 1.